The van der Waals surface area contributed by atoms with Gasteiger partial charge in [-0.1, -0.05) is 18.2 Å². The third-order valence-electron chi connectivity index (χ3n) is 3.49. The van der Waals surface area contributed by atoms with Crippen molar-refractivity contribution in [1.82, 2.24) is 0 Å². The van der Waals surface area contributed by atoms with Gasteiger partial charge in [0.2, 0.25) is 5.91 Å². The highest BCUT2D eigenvalue weighted by molar-refractivity contribution is 6.07. The van der Waals surface area contributed by atoms with Crippen LogP contribution >= 0.6 is 0 Å². The van der Waals surface area contributed by atoms with Gasteiger partial charge in [0, 0.05) is 24.3 Å². The van der Waals surface area contributed by atoms with Crippen molar-refractivity contribution in [2.45, 2.75) is 13.3 Å². The van der Waals surface area contributed by atoms with Crippen LogP contribution in [-0.2, 0) is 4.79 Å². The second-order valence-electron chi connectivity index (χ2n) is 5.27. The molecule has 0 saturated carbocycles. The molecule has 2 rings (SSSR count). The Morgan fingerprint density at radius 2 is 1.88 bits per heavy atom. The maximum absolute atomic E-state index is 12.5. The van der Waals surface area contributed by atoms with Crippen molar-refractivity contribution < 1.29 is 14.3 Å². The van der Waals surface area contributed by atoms with Crippen molar-refractivity contribution in [3.8, 4) is 5.75 Å². The van der Waals surface area contributed by atoms with Crippen molar-refractivity contribution in [2.24, 2.45) is 5.73 Å². The number of amides is 2. The smallest absolute Gasteiger partial charge is 0.259 e. The molecule has 0 aliphatic carbocycles. The minimum Gasteiger partial charge on any atom is -0.496 e. The molecule has 126 valence electrons. The van der Waals surface area contributed by atoms with Gasteiger partial charge in [0.05, 0.1) is 12.7 Å². The van der Waals surface area contributed by atoms with Crippen LogP contribution in [-0.4, -0.2) is 25.5 Å². The number of aryl methyl sites for hydroxylation is 1. The van der Waals surface area contributed by atoms with Gasteiger partial charge in [-0.3, -0.25) is 9.59 Å². The maximum atomic E-state index is 12.5. The van der Waals surface area contributed by atoms with Crippen LogP contribution in [0, 0.1) is 6.92 Å². The number of anilines is 2. The number of nitrogens with two attached hydrogens (primary N) is 1. The van der Waals surface area contributed by atoms with Gasteiger partial charge in [0.25, 0.3) is 5.91 Å². The normalized spacial score (nSPS) is 10.1. The third-order valence-corrected chi connectivity index (χ3v) is 3.49. The van der Waals surface area contributed by atoms with Gasteiger partial charge in [-0.2, -0.15) is 0 Å². The molecular formula is C18H21N3O3. The van der Waals surface area contributed by atoms with E-state index in [1.807, 2.05) is 13.0 Å². The molecule has 4 N–H and O–H groups in total. The van der Waals surface area contributed by atoms with Crippen molar-refractivity contribution in [2.75, 3.05) is 24.3 Å². The predicted molar refractivity (Wildman–Crippen MR) is 94.4 cm³/mol. The van der Waals surface area contributed by atoms with Crippen molar-refractivity contribution in [1.29, 1.82) is 0 Å². The number of hydrogen-bond donors (Lipinski definition) is 3. The molecule has 0 unspecified atom stereocenters. The first kappa shape index (κ1) is 17.5. The Hall–Kier alpha value is -2.86. The van der Waals surface area contributed by atoms with E-state index in [4.69, 9.17) is 10.5 Å². The maximum Gasteiger partial charge on any atom is 0.259 e. The first-order chi connectivity index (χ1) is 11.5. The summed E-state index contributed by atoms with van der Waals surface area (Å²) in [6, 6.07) is 12.3. The van der Waals surface area contributed by atoms with E-state index in [1.54, 1.807) is 36.4 Å². The number of methoxy groups -OCH3 is 1. The van der Waals surface area contributed by atoms with Gasteiger partial charge in [0.15, 0.2) is 0 Å². The fraction of sp³-hybridized carbons (Fsp3) is 0.222. The zero-order chi connectivity index (χ0) is 17.5. The highest BCUT2D eigenvalue weighted by Gasteiger charge is 2.13. The van der Waals surface area contributed by atoms with E-state index in [2.05, 4.69) is 10.6 Å². The number of carbonyl (C=O) groups excluding carboxylic acids is 2. The average molecular weight is 327 g/mol. The number of ether oxygens (including phenoxy) is 1. The molecule has 6 heteroatoms. The van der Waals surface area contributed by atoms with Gasteiger partial charge in [-0.25, -0.2) is 0 Å². The lowest BCUT2D eigenvalue weighted by Gasteiger charge is -2.13. The molecule has 0 atom stereocenters. The first-order valence-electron chi connectivity index (χ1n) is 7.60. The van der Waals surface area contributed by atoms with Crippen LogP contribution in [0.25, 0.3) is 0 Å². The fourth-order valence-electron chi connectivity index (χ4n) is 2.21. The van der Waals surface area contributed by atoms with E-state index in [0.717, 1.165) is 5.56 Å². The Labute approximate surface area is 141 Å². The minimum absolute atomic E-state index is 0.164. The SMILES string of the molecule is COc1ccccc1C(=O)Nc1cc(NC(=O)CCN)ccc1C. The molecule has 0 heterocycles. The van der Waals surface area contributed by atoms with Crippen LogP contribution < -0.4 is 21.1 Å². The van der Waals surface area contributed by atoms with Gasteiger partial charge >= 0.3 is 0 Å². The predicted octanol–water partition coefficient (Wildman–Crippen LogP) is 2.54. The zero-order valence-corrected chi connectivity index (χ0v) is 13.8. The van der Waals surface area contributed by atoms with Crippen LogP contribution in [0.4, 0.5) is 11.4 Å². The summed E-state index contributed by atoms with van der Waals surface area (Å²) in [7, 11) is 1.52. The van der Waals surface area contributed by atoms with Crippen molar-refractivity contribution in [3.63, 3.8) is 0 Å². The first-order valence-corrected chi connectivity index (χ1v) is 7.60. The summed E-state index contributed by atoms with van der Waals surface area (Å²) < 4.78 is 5.21. The van der Waals surface area contributed by atoms with E-state index in [9.17, 15) is 9.59 Å². The third kappa shape index (κ3) is 4.33. The molecule has 2 aromatic rings. The number of nitrogens with one attached hydrogen (secondary N) is 2. The van der Waals surface area contributed by atoms with Gasteiger partial charge in [0.1, 0.15) is 5.75 Å². The van der Waals surface area contributed by atoms with Crippen LogP contribution in [0.5, 0.6) is 5.75 Å². The van der Waals surface area contributed by atoms with Gasteiger partial charge < -0.3 is 21.1 Å². The summed E-state index contributed by atoms with van der Waals surface area (Å²) in [6.07, 6.45) is 0.247. The largest absolute Gasteiger partial charge is 0.496 e. The Morgan fingerprint density at radius 1 is 1.12 bits per heavy atom. The summed E-state index contributed by atoms with van der Waals surface area (Å²) in [5.41, 5.74) is 7.92. The van der Waals surface area contributed by atoms with E-state index >= 15 is 0 Å². The summed E-state index contributed by atoms with van der Waals surface area (Å²) in [5, 5.41) is 5.60. The summed E-state index contributed by atoms with van der Waals surface area (Å²) in [5.74, 6) is 0.0596. The Morgan fingerprint density at radius 3 is 2.58 bits per heavy atom. The quantitative estimate of drug-likeness (QED) is 0.760. The lowest BCUT2D eigenvalue weighted by atomic mass is 10.1. The summed E-state index contributed by atoms with van der Waals surface area (Å²) in [6.45, 7) is 2.17. The summed E-state index contributed by atoms with van der Waals surface area (Å²) >= 11 is 0. The Bertz CT molecular complexity index is 744. The molecule has 6 nitrogen and oxygen atoms in total. The molecule has 0 bridgehead atoms. The van der Waals surface area contributed by atoms with E-state index in [-0.39, 0.29) is 24.8 Å². The molecule has 0 aromatic heterocycles. The number of rotatable bonds is 6. The van der Waals surface area contributed by atoms with Crippen LogP contribution in [0.15, 0.2) is 42.5 Å². The van der Waals surface area contributed by atoms with Crippen molar-refractivity contribution in [3.05, 3.63) is 53.6 Å². The lowest BCUT2D eigenvalue weighted by molar-refractivity contribution is -0.116. The molecule has 0 aliphatic heterocycles. The number of para-hydroxylation sites is 1. The van der Waals surface area contributed by atoms with Crippen molar-refractivity contribution >= 4 is 23.2 Å². The lowest BCUT2D eigenvalue weighted by Crippen LogP contribution is -2.17. The fourth-order valence-corrected chi connectivity index (χ4v) is 2.21. The van der Waals surface area contributed by atoms with E-state index < -0.39 is 0 Å². The molecule has 0 aliphatic rings. The summed E-state index contributed by atoms with van der Waals surface area (Å²) in [4.78, 5) is 24.1. The van der Waals surface area contributed by atoms with Crippen LogP contribution in [0.2, 0.25) is 0 Å². The second-order valence-corrected chi connectivity index (χ2v) is 5.27. The number of hydrogen-bond acceptors (Lipinski definition) is 4. The monoisotopic (exact) mass is 327 g/mol. The second kappa shape index (κ2) is 8.12. The molecule has 24 heavy (non-hydrogen) atoms. The van der Waals surface area contributed by atoms with E-state index in [1.165, 1.54) is 7.11 Å². The molecule has 0 spiro atoms. The average Bonchev–Trinajstić information content (AvgIpc) is 2.58. The van der Waals surface area contributed by atoms with Crippen LogP contribution in [0.1, 0.15) is 22.3 Å². The zero-order valence-electron chi connectivity index (χ0n) is 13.8. The van der Waals surface area contributed by atoms with E-state index in [0.29, 0.717) is 22.7 Å². The topological polar surface area (TPSA) is 93.5 Å². The molecule has 2 aromatic carbocycles. The Kier molecular flexibility index (Phi) is 5.92. The van der Waals surface area contributed by atoms with Crippen LogP contribution in [0.3, 0.4) is 0 Å². The molecule has 2 amide bonds. The number of benzene rings is 2. The highest BCUT2D eigenvalue weighted by atomic mass is 16.5. The molecular weight excluding hydrogens is 306 g/mol. The number of carbonyl (C=O) groups is 2. The van der Waals surface area contributed by atoms with Gasteiger partial charge in [-0.05, 0) is 36.8 Å². The molecule has 0 radical (unpaired) electrons. The Balaban J connectivity index is 2.19. The van der Waals surface area contributed by atoms with Gasteiger partial charge in [-0.15, -0.1) is 0 Å². The minimum atomic E-state index is -0.277. The molecule has 0 fully saturated rings. The standard InChI is InChI=1S/C18H21N3O3/c1-12-7-8-13(20-17(22)9-10-19)11-15(12)21-18(23)14-5-3-4-6-16(14)24-2/h3-8,11H,9-10,19H2,1-2H3,(H,20,22)(H,21,23). The molecule has 0 saturated heterocycles. The highest BCUT2D eigenvalue weighted by Crippen LogP contribution is 2.23.